The highest BCUT2D eigenvalue weighted by atomic mass is 28.4. The van der Waals surface area contributed by atoms with Gasteiger partial charge in [-0.05, 0) is 50.0 Å². The fourth-order valence-corrected chi connectivity index (χ4v) is 2.10. The topological polar surface area (TPSA) is 21.6 Å². The molecule has 18 heavy (non-hydrogen) atoms. The van der Waals surface area contributed by atoms with Crippen LogP contribution in [-0.4, -0.2) is 14.5 Å². The van der Waals surface area contributed by atoms with Crippen molar-refractivity contribution in [2.45, 2.75) is 53.8 Å². The van der Waals surface area contributed by atoms with E-state index in [2.05, 4.69) is 65.0 Å². The number of hydrogen-bond acceptors (Lipinski definition) is 2. The van der Waals surface area contributed by atoms with Crippen LogP contribution in [0, 0.1) is 11.8 Å². The van der Waals surface area contributed by atoms with Crippen LogP contribution >= 0.6 is 0 Å². The number of nitrogens with zero attached hydrogens (tertiary/aromatic N) is 1. The third-order valence-electron chi connectivity index (χ3n) is 2.27. The standard InChI is InChI=1S/C15H29NOSi/c1-12(2)9-10-15(13(3)4)11-16-14(5)17-18(6,7)8/h10-13H,5,9H2,1-4,6-8H3. The van der Waals surface area contributed by atoms with Crippen molar-refractivity contribution in [2.24, 2.45) is 16.8 Å². The van der Waals surface area contributed by atoms with E-state index in [1.54, 1.807) is 0 Å². The van der Waals surface area contributed by atoms with Crippen LogP contribution in [-0.2, 0) is 4.43 Å². The van der Waals surface area contributed by atoms with E-state index in [9.17, 15) is 0 Å². The van der Waals surface area contributed by atoms with Crippen LogP contribution < -0.4 is 0 Å². The van der Waals surface area contributed by atoms with Crippen molar-refractivity contribution in [3.63, 3.8) is 0 Å². The molecule has 0 fully saturated rings. The Labute approximate surface area is 114 Å². The summed E-state index contributed by atoms with van der Waals surface area (Å²) in [7, 11) is -1.59. The van der Waals surface area contributed by atoms with Crippen LogP contribution in [0.15, 0.2) is 29.1 Å². The van der Waals surface area contributed by atoms with Crippen molar-refractivity contribution in [1.82, 2.24) is 0 Å². The summed E-state index contributed by atoms with van der Waals surface area (Å²) in [5.74, 6) is 1.69. The first-order valence-corrected chi connectivity index (χ1v) is 10.1. The molecule has 0 bridgehead atoms. The van der Waals surface area contributed by atoms with E-state index in [0.29, 0.717) is 17.7 Å². The molecule has 0 aliphatic rings. The zero-order chi connectivity index (χ0) is 14.3. The van der Waals surface area contributed by atoms with Gasteiger partial charge in [0.05, 0.1) is 0 Å². The van der Waals surface area contributed by atoms with Gasteiger partial charge >= 0.3 is 0 Å². The molecular weight excluding hydrogens is 238 g/mol. The van der Waals surface area contributed by atoms with Crippen molar-refractivity contribution in [1.29, 1.82) is 0 Å². The lowest BCUT2D eigenvalue weighted by molar-refractivity contribution is 0.421. The van der Waals surface area contributed by atoms with Crippen LogP contribution in [0.25, 0.3) is 0 Å². The molecule has 0 amide bonds. The SMILES string of the molecule is C=C(N=CC(=CCC(C)C)C(C)C)O[Si](C)(C)C. The smallest absolute Gasteiger partial charge is 0.244 e. The van der Waals surface area contributed by atoms with E-state index in [0.717, 1.165) is 6.42 Å². The van der Waals surface area contributed by atoms with Gasteiger partial charge in [0.25, 0.3) is 0 Å². The van der Waals surface area contributed by atoms with Crippen molar-refractivity contribution in [3.05, 3.63) is 24.1 Å². The highest BCUT2D eigenvalue weighted by Crippen LogP contribution is 2.14. The molecule has 0 N–H and O–H groups in total. The zero-order valence-electron chi connectivity index (χ0n) is 13.1. The minimum atomic E-state index is -1.59. The lowest BCUT2D eigenvalue weighted by Crippen LogP contribution is -2.24. The Balaban J connectivity index is 4.59. The van der Waals surface area contributed by atoms with E-state index < -0.39 is 8.32 Å². The molecule has 0 radical (unpaired) electrons. The Morgan fingerprint density at radius 3 is 2.17 bits per heavy atom. The Morgan fingerprint density at radius 2 is 1.78 bits per heavy atom. The van der Waals surface area contributed by atoms with Gasteiger partial charge in [0.15, 0.2) is 5.88 Å². The summed E-state index contributed by atoms with van der Waals surface area (Å²) in [4.78, 5) is 4.33. The molecule has 0 spiro atoms. The van der Waals surface area contributed by atoms with Crippen molar-refractivity contribution >= 4 is 14.5 Å². The Kier molecular flexibility index (Phi) is 7.22. The predicted octanol–water partition coefficient (Wildman–Crippen LogP) is 5.01. The molecular formula is C15H29NOSi. The van der Waals surface area contributed by atoms with E-state index in [1.807, 2.05) is 6.21 Å². The summed E-state index contributed by atoms with van der Waals surface area (Å²) < 4.78 is 5.71. The molecule has 0 aromatic rings. The van der Waals surface area contributed by atoms with Crippen molar-refractivity contribution in [2.75, 3.05) is 0 Å². The molecule has 0 aliphatic heterocycles. The first kappa shape index (κ1) is 17.2. The van der Waals surface area contributed by atoms with Crippen LogP contribution in [0.5, 0.6) is 0 Å². The summed E-state index contributed by atoms with van der Waals surface area (Å²) in [6, 6.07) is 0. The number of allylic oxidation sites excluding steroid dienone is 2. The van der Waals surface area contributed by atoms with Crippen molar-refractivity contribution in [3.8, 4) is 0 Å². The minimum absolute atomic E-state index is 0.479. The molecule has 0 unspecified atom stereocenters. The monoisotopic (exact) mass is 267 g/mol. The predicted molar refractivity (Wildman–Crippen MR) is 84.4 cm³/mol. The first-order valence-electron chi connectivity index (χ1n) is 6.74. The van der Waals surface area contributed by atoms with Crippen LogP contribution in [0.2, 0.25) is 19.6 Å². The molecule has 3 heteroatoms. The van der Waals surface area contributed by atoms with Gasteiger partial charge in [0, 0.05) is 6.21 Å². The van der Waals surface area contributed by atoms with Gasteiger partial charge in [0.2, 0.25) is 8.32 Å². The van der Waals surface area contributed by atoms with Gasteiger partial charge in [-0.15, -0.1) is 0 Å². The van der Waals surface area contributed by atoms with Crippen LogP contribution in [0.4, 0.5) is 0 Å². The maximum Gasteiger partial charge on any atom is 0.244 e. The van der Waals surface area contributed by atoms with E-state index in [1.165, 1.54) is 5.57 Å². The third kappa shape index (κ3) is 9.22. The molecule has 0 aromatic carbocycles. The fraction of sp³-hybridized carbons (Fsp3) is 0.667. The Hall–Kier alpha value is -0.833. The van der Waals surface area contributed by atoms with Gasteiger partial charge in [0.1, 0.15) is 0 Å². The fourth-order valence-electron chi connectivity index (χ4n) is 1.34. The largest absolute Gasteiger partial charge is 0.532 e. The summed E-state index contributed by atoms with van der Waals surface area (Å²) in [5, 5.41) is 0. The highest BCUT2D eigenvalue weighted by Gasteiger charge is 2.16. The molecule has 104 valence electrons. The Bertz CT molecular complexity index is 322. The van der Waals surface area contributed by atoms with Gasteiger partial charge in [-0.3, -0.25) is 0 Å². The van der Waals surface area contributed by atoms with E-state index in [4.69, 9.17) is 4.43 Å². The summed E-state index contributed by atoms with van der Waals surface area (Å²) in [6.45, 7) is 19.0. The maximum atomic E-state index is 5.71. The Morgan fingerprint density at radius 1 is 1.22 bits per heavy atom. The van der Waals surface area contributed by atoms with E-state index >= 15 is 0 Å². The first-order chi connectivity index (χ1) is 8.11. The molecule has 0 atom stereocenters. The van der Waals surface area contributed by atoms with Gasteiger partial charge in [-0.2, -0.15) is 0 Å². The minimum Gasteiger partial charge on any atom is -0.532 e. The van der Waals surface area contributed by atoms with Crippen molar-refractivity contribution < 1.29 is 4.43 Å². The number of aliphatic imine (C=N–C) groups is 1. The average Bonchev–Trinajstić information content (AvgIpc) is 2.13. The number of rotatable bonds is 7. The molecule has 0 rings (SSSR count). The van der Waals surface area contributed by atoms with Crippen LogP contribution in [0.3, 0.4) is 0 Å². The molecule has 0 aromatic heterocycles. The maximum absolute atomic E-state index is 5.71. The average molecular weight is 267 g/mol. The molecule has 0 saturated carbocycles. The third-order valence-corrected chi connectivity index (χ3v) is 3.12. The second-order valence-electron chi connectivity index (χ2n) is 6.35. The second kappa shape index (κ2) is 7.57. The van der Waals surface area contributed by atoms with Gasteiger partial charge in [-0.25, -0.2) is 4.99 Å². The summed E-state index contributed by atoms with van der Waals surface area (Å²) in [5.41, 5.74) is 1.25. The van der Waals surface area contributed by atoms with E-state index in [-0.39, 0.29) is 0 Å². The molecule has 0 saturated heterocycles. The highest BCUT2D eigenvalue weighted by molar-refractivity contribution is 6.70. The summed E-state index contributed by atoms with van der Waals surface area (Å²) in [6.07, 6.45) is 5.25. The zero-order valence-corrected chi connectivity index (χ0v) is 14.1. The number of hydrogen-bond donors (Lipinski definition) is 0. The van der Waals surface area contributed by atoms with Crippen LogP contribution in [0.1, 0.15) is 34.1 Å². The van der Waals surface area contributed by atoms with Gasteiger partial charge < -0.3 is 4.43 Å². The quantitative estimate of drug-likeness (QED) is 0.361. The lowest BCUT2D eigenvalue weighted by atomic mass is 10.0. The summed E-state index contributed by atoms with van der Waals surface area (Å²) >= 11 is 0. The molecule has 0 aliphatic carbocycles. The van der Waals surface area contributed by atoms with Gasteiger partial charge in [-0.1, -0.05) is 33.8 Å². The normalized spacial score (nSPS) is 13.7. The molecule has 0 heterocycles. The molecule has 2 nitrogen and oxygen atoms in total. The lowest BCUT2D eigenvalue weighted by Gasteiger charge is -2.18. The second-order valence-corrected chi connectivity index (χ2v) is 10.8.